The average Bonchev–Trinajstić information content (AvgIpc) is 3.08. The minimum Gasteiger partial charge on any atom is -0.618 e. The fourth-order valence-electron chi connectivity index (χ4n) is 7.23. The van der Waals surface area contributed by atoms with Gasteiger partial charge in [-0.05, 0) is 59.0 Å². The van der Waals surface area contributed by atoms with Crippen molar-refractivity contribution in [3.63, 3.8) is 0 Å². The minimum absolute atomic E-state index is 0.654. The molecule has 0 aliphatic carbocycles. The van der Waals surface area contributed by atoms with E-state index >= 15 is 0 Å². The zero-order valence-electron chi connectivity index (χ0n) is 24.7. The molecule has 6 aromatic carbocycles. The molecule has 0 N–H and O–H groups in total. The summed E-state index contributed by atoms with van der Waals surface area (Å²) in [6.07, 6.45) is 1.52. The largest absolute Gasteiger partial charge is 0.618 e. The molecule has 0 spiro atoms. The fourth-order valence-corrected chi connectivity index (χ4v) is 7.23. The number of benzene rings is 6. The molecular formula is C40H30N2O2. The molecule has 0 saturated carbocycles. The van der Waals surface area contributed by atoms with Crippen molar-refractivity contribution in [2.45, 2.75) is 26.7 Å². The zero-order valence-corrected chi connectivity index (χ0v) is 24.7. The minimum atomic E-state index is 0.654. The van der Waals surface area contributed by atoms with Crippen LogP contribution in [0.1, 0.15) is 25.0 Å². The second-order valence-corrected chi connectivity index (χ2v) is 11.4. The van der Waals surface area contributed by atoms with Crippen molar-refractivity contribution in [2.75, 3.05) is 0 Å². The van der Waals surface area contributed by atoms with E-state index in [4.69, 9.17) is 0 Å². The first-order valence-corrected chi connectivity index (χ1v) is 15.3. The van der Waals surface area contributed by atoms with E-state index in [0.717, 1.165) is 88.0 Å². The topological polar surface area (TPSA) is 53.9 Å². The number of aryl methyl sites for hydroxylation is 2. The zero-order chi connectivity index (χ0) is 29.9. The number of rotatable bonds is 4. The highest BCUT2D eigenvalue weighted by atomic mass is 16.5. The second kappa shape index (κ2) is 10.1. The number of hydrogen-bond donors (Lipinski definition) is 0. The lowest BCUT2D eigenvalue weighted by molar-refractivity contribution is -0.548. The lowest BCUT2D eigenvalue weighted by Gasteiger charge is -2.19. The van der Waals surface area contributed by atoms with Gasteiger partial charge in [0.25, 0.3) is 0 Å². The van der Waals surface area contributed by atoms with Gasteiger partial charge in [0.05, 0.1) is 21.5 Å². The van der Waals surface area contributed by atoms with E-state index in [1.807, 2.05) is 36.4 Å². The summed E-state index contributed by atoms with van der Waals surface area (Å²) >= 11 is 0. The molecule has 0 amide bonds. The summed E-state index contributed by atoms with van der Waals surface area (Å²) in [7, 11) is 0. The van der Waals surface area contributed by atoms with Gasteiger partial charge in [-0.15, -0.1) is 0 Å². The summed E-state index contributed by atoms with van der Waals surface area (Å²) in [6, 6.07) is 41.1. The number of para-hydroxylation sites is 4. The summed E-state index contributed by atoms with van der Waals surface area (Å²) in [5.41, 5.74) is 9.02. The molecule has 4 heteroatoms. The first kappa shape index (κ1) is 26.2. The van der Waals surface area contributed by atoms with Crippen molar-refractivity contribution in [1.82, 2.24) is 0 Å². The Morgan fingerprint density at radius 1 is 0.455 bits per heavy atom. The standard InChI is InChI=1S/C40H30N2O2/c1-3-25-13-9-21-32-37(28-17-5-7-23-34(28)41(43)39(25)32)30-19-11-15-27-16-12-20-31(36(27)30)38-29-18-6-8-24-35(29)42(44)40-26(4-2)14-10-22-33(38)40/h5-24H,3-4H2,1-2H3. The normalized spacial score (nSPS) is 11.8. The van der Waals surface area contributed by atoms with E-state index in [1.54, 1.807) is 0 Å². The first-order valence-electron chi connectivity index (χ1n) is 15.3. The van der Waals surface area contributed by atoms with Crippen LogP contribution in [0.4, 0.5) is 0 Å². The third kappa shape index (κ3) is 3.64. The van der Waals surface area contributed by atoms with Gasteiger partial charge in [-0.25, -0.2) is 0 Å². The maximum absolute atomic E-state index is 13.9. The van der Waals surface area contributed by atoms with Crippen LogP contribution in [0.2, 0.25) is 0 Å². The molecular weight excluding hydrogens is 540 g/mol. The van der Waals surface area contributed by atoms with Crippen LogP contribution in [-0.4, -0.2) is 0 Å². The van der Waals surface area contributed by atoms with Crippen molar-refractivity contribution < 1.29 is 9.46 Å². The Labute approximate surface area is 255 Å². The van der Waals surface area contributed by atoms with Crippen molar-refractivity contribution >= 4 is 54.4 Å². The molecule has 8 aromatic rings. The van der Waals surface area contributed by atoms with Crippen LogP contribution < -0.4 is 9.46 Å². The van der Waals surface area contributed by atoms with Crippen LogP contribution in [0.5, 0.6) is 0 Å². The van der Waals surface area contributed by atoms with Crippen LogP contribution >= 0.6 is 0 Å². The Balaban J connectivity index is 1.60. The summed E-state index contributed by atoms with van der Waals surface area (Å²) in [6.45, 7) is 4.19. The smallest absolute Gasteiger partial charge is 0.228 e. The van der Waals surface area contributed by atoms with Gasteiger partial charge in [-0.1, -0.05) is 98.8 Å². The molecule has 2 aromatic heterocycles. The van der Waals surface area contributed by atoms with Gasteiger partial charge in [0, 0.05) is 34.4 Å². The van der Waals surface area contributed by atoms with E-state index in [1.165, 1.54) is 0 Å². The van der Waals surface area contributed by atoms with E-state index in [9.17, 15) is 10.4 Å². The van der Waals surface area contributed by atoms with Crippen molar-refractivity contribution in [3.05, 3.63) is 143 Å². The highest BCUT2D eigenvalue weighted by Gasteiger charge is 2.25. The van der Waals surface area contributed by atoms with Gasteiger partial charge < -0.3 is 10.4 Å². The molecule has 0 saturated heterocycles. The Kier molecular flexibility index (Phi) is 5.98. The molecule has 0 atom stereocenters. The van der Waals surface area contributed by atoms with Crippen LogP contribution in [0, 0.1) is 10.4 Å². The lowest BCUT2D eigenvalue weighted by atomic mass is 9.86. The predicted octanol–water partition coefficient (Wildman–Crippen LogP) is 9.18. The summed E-state index contributed by atoms with van der Waals surface area (Å²) < 4.78 is 2.22. The van der Waals surface area contributed by atoms with E-state index in [2.05, 4.69) is 98.8 Å². The molecule has 0 aliphatic heterocycles. The predicted molar refractivity (Wildman–Crippen MR) is 182 cm³/mol. The van der Waals surface area contributed by atoms with Gasteiger partial charge in [-0.3, -0.25) is 0 Å². The van der Waals surface area contributed by atoms with Crippen molar-refractivity contribution in [1.29, 1.82) is 0 Å². The molecule has 8 rings (SSSR count). The summed E-state index contributed by atoms with van der Waals surface area (Å²) in [5.74, 6) is 0. The molecule has 44 heavy (non-hydrogen) atoms. The average molecular weight is 571 g/mol. The molecule has 0 radical (unpaired) electrons. The lowest BCUT2D eigenvalue weighted by Crippen LogP contribution is -2.29. The quantitative estimate of drug-likeness (QED) is 0.120. The van der Waals surface area contributed by atoms with Gasteiger partial charge in [0.2, 0.25) is 22.1 Å². The molecule has 2 heterocycles. The molecule has 0 aliphatic rings. The van der Waals surface area contributed by atoms with Crippen LogP contribution in [0.25, 0.3) is 76.6 Å². The van der Waals surface area contributed by atoms with Gasteiger partial charge >= 0.3 is 0 Å². The van der Waals surface area contributed by atoms with Gasteiger partial charge in [-0.2, -0.15) is 9.46 Å². The van der Waals surface area contributed by atoms with E-state index < -0.39 is 0 Å². The Hall–Kier alpha value is -5.48. The Morgan fingerprint density at radius 3 is 1.32 bits per heavy atom. The maximum atomic E-state index is 13.9. The molecule has 0 unspecified atom stereocenters. The van der Waals surface area contributed by atoms with Crippen LogP contribution in [0.15, 0.2) is 121 Å². The van der Waals surface area contributed by atoms with Gasteiger partial charge in [0.15, 0.2) is 0 Å². The SMILES string of the molecule is CCc1cccc2c(-c3cccc4cccc(-c5c6ccccc6[n+]([O-])c6c(CC)cccc56)c34)c3ccccc3[n+]([O-])c12. The monoisotopic (exact) mass is 570 g/mol. The third-order valence-electron chi connectivity index (χ3n) is 9.17. The molecule has 4 nitrogen and oxygen atoms in total. The Morgan fingerprint density at radius 2 is 0.864 bits per heavy atom. The number of nitrogens with zero attached hydrogens (tertiary/aromatic N) is 2. The Bertz CT molecular complexity index is 2280. The summed E-state index contributed by atoms with van der Waals surface area (Å²) in [4.78, 5) is 0. The number of fused-ring (bicyclic) bond motifs is 5. The first-order chi connectivity index (χ1) is 21.6. The fraction of sp³-hybridized carbons (Fsp3) is 0.100. The maximum Gasteiger partial charge on any atom is 0.228 e. The molecule has 212 valence electrons. The van der Waals surface area contributed by atoms with Crippen LogP contribution in [0.3, 0.4) is 0 Å². The highest BCUT2D eigenvalue weighted by molar-refractivity contribution is 6.20. The van der Waals surface area contributed by atoms with Gasteiger partial charge in [0.1, 0.15) is 0 Å². The molecule has 0 fully saturated rings. The number of aromatic nitrogens is 2. The van der Waals surface area contributed by atoms with Crippen LogP contribution in [-0.2, 0) is 12.8 Å². The van der Waals surface area contributed by atoms with Crippen molar-refractivity contribution in [3.8, 4) is 22.3 Å². The van der Waals surface area contributed by atoms with E-state index in [0.29, 0.717) is 22.1 Å². The highest BCUT2D eigenvalue weighted by Crippen LogP contribution is 2.45. The second-order valence-electron chi connectivity index (χ2n) is 11.4. The molecule has 0 bridgehead atoms. The number of pyridine rings is 2. The summed E-state index contributed by atoms with van der Waals surface area (Å²) in [5, 5.41) is 33.7. The van der Waals surface area contributed by atoms with E-state index in [-0.39, 0.29) is 0 Å². The third-order valence-corrected chi connectivity index (χ3v) is 9.17. The number of hydrogen-bond acceptors (Lipinski definition) is 2. The van der Waals surface area contributed by atoms with Crippen molar-refractivity contribution in [2.24, 2.45) is 0 Å².